The summed E-state index contributed by atoms with van der Waals surface area (Å²) in [7, 11) is -3.24. The van der Waals surface area contributed by atoms with Crippen molar-refractivity contribution in [2.24, 2.45) is 11.8 Å². The summed E-state index contributed by atoms with van der Waals surface area (Å²) in [6.07, 6.45) is 1.14. The highest BCUT2D eigenvalue weighted by molar-refractivity contribution is 7.89. The van der Waals surface area contributed by atoms with Crippen LogP contribution in [0, 0.1) is 11.8 Å². The van der Waals surface area contributed by atoms with Crippen molar-refractivity contribution in [1.82, 2.24) is 4.72 Å². The molecular weight excluding hydrogens is 226 g/mol. The number of hydrogen-bond acceptors (Lipinski definition) is 3. The van der Waals surface area contributed by atoms with E-state index in [9.17, 15) is 13.5 Å². The smallest absolute Gasteiger partial charge is 0.211 e. The van der Waals surface area contributed by atoms with Gasteiger partial charge in [-0.25, -0.2) is 13.1 Å². The molecule has 1 atom stereocenters. The van der Waals surface area contributed by atoms with Crippen LogP contribution in [0.2, 0.25) is 0 Å². The molecule has 0 aliphatic rings. The fourth-order valence-electron chi connectivity index (χ4n) is 1.71. The molecule has 0 saturated carbocycles. The van der Waals surface area contributed by atoms with E-state index < -0.39 is 16.1 Å². The van der Waals surface area contributed by atoms with Crippen LogP contribution in [-0.4, -0.2) is 31.9 Å². The molecule has 0 rings (SSSR count). The Bertz CT molecular complexity index is 271. The lowest BCUT2D eigenvalue weighted by Gasteiger charge is -2.20. The Morgan fingerprint density at radius 2 is 1.69 bits per heavy atom. The van der Waals surface area contributed by atoms with Crippen LogP contribution < -0.4 is 4.72 Å². The average Bonchev–Trinajstić information content (AvgIpc) is 2.15. The summed E-state index contributed by atoms with van der Waals surface area (Å²) < 4.78 is 25.5. The third kappa shape index (κ3) is 6.45. The van der Waals surface area contributed by atoms with E-state index in [0.29, 0.717) is 0 Å². The molecule has 0 aliphatic heterocycles. The fourth-order valence-corrected chi connectivity index (χ4v) is 3.13. The summed E-state index contributed by atoms with van der Waals surface area (Å²) in [6.45, 7) is 7.84. The summed E-state index contributed by atoms with van der Waals surface area (Å²) in [6, 6.07) is 0. The zero-order valence-corrected chi connectivity index (χ0v) is 11.5. The van der Waals surface area contributed by atoms with Crippen molar-refractivity contribution in [3.8, 4) is 0 Å². The van der Waals surface area contributed by atoms with E-state index in [1.54, 1.807) is 0 Å². The summed E-state index contributed by atoms with van der Waals surface area (Å²) in [5.41, 5.74) is 0. The van der Waals surface area contributed by atoms with E-state index in [2.05, 4.69) is 4.72 Å². The van der Waals surface area contributed by atoms with Crippen LogP contribution >= 0.6 is 0 Å². The molecule has 0 fully saturated rings. The van der Waals surface area contributed by atoms with Crippen molar-refractivity contribution in [2.75, 3.05) is 12.3 Å². The van der Waals surface area contributed by atoms with Crippen LogP contribution in [0.1, 0.15) is 40.5 Å². The fraction of sp³-hybridized carbons (Fsp3) is 1.00. The van der Waals surface area contributed by atoms with Crippen molar-refractivity contribution < 1.29 is 13.5 Å². The molecule has 1 unspecified atom stereocenters. The highest BCUT2D eigenvalue weighted by atomic mass is 32.2. The second kappa shape index (κ2) is 7.25. The van der Waals surface area contributed by atoms with Crippen LogP contribution in [0.15, 0.2) is 0 Å². The van der Waals surface area contributed by atoms with E-state index >= 15 is 0 Å². The van der Waals surface area contributed by atoms with E-state index in [-0.39, 0.29) is 24.1 Å². The van der Waals surface area contributed by atoms with Crippen LogP contribution in [0.5, 0.6) is 0 Å². The molecule has 2 N–H and O–H groups in total. The van der Waals surface area contributed by atoms with Crippen LogP contribution in [0.3, 0.4) is 0 Å². The largest absolute Gasteiger partial charge is 0.391 e. The second-order valence-corrected chi connectivity index (χ2v) is 6.52. The lowest BCUT2D eigenvalue weighted by atomic mass is 9.97. The molecule has 0 spiro atoms. The Kier molecular flexibility index (Phi) is 7.19. The van der Waals surface area contributed by atoms with Gasteiger partial charge in [-0.2, -0.15) is 0 Å². The minimum atomic E-state index is -3.24. The standard InChI is InChI=1S/C11H25NO3S/c1-5-10(6-2)11(13)7-12-16(14,15)8-9(3)4/h9-13H,5-8H2,1-4H3. The molecule has 5 heteroatoms. The summed E-state index contributed by atoms with van der Waals surface area (Å²) in [5.74, 6) is 0.382. The maximum atomic E-state index is 11.5. The van der Waals surface area contributed by atoms with Gasteiger partial charge < -0.3 is 5.11 Å². The summed E-state index contributed by atoms with van der Waals surface area (Å²) in [4.78, 5) is 0. The predicted octanol–water partition coefficient (Wildman–Crippen LogP) is 1.36. The first-order valence-corrected chi connectivity index (χ1v) is 7.63. The predicted molar refractivity (Wildman–Crippen MR) is 66.7 cm³/mol. The van der Waals surface area contributed by atoms with Gasteiger partial charge in [-0.1, -0.05) is 40.5 Å². The van der Waals surface area contributed by atoms with Gasteiger partial charge in [0.15, 0.2) is 0 Å². The van der Waals surface area contributed by atoms with Gasteiger partial charge in [-0.3, -0.25) is 0 Å². The van der Waals surface area contributed by atoms with Gasteiger partial charge in [0.05, 0.1) is 11.9 Å². The van der Waals surface area contributed by atoms with Gasteiger partial charge in [0, 0.05) is 6.54 Å². The highest BCUT2D eigenvalue weighted by Crippen LogP contribution is 2.12. The third-order valence-electron chi connectivity index (χ3n) is 2.66. The molecule has 0 aromatic carbocycles. The Labute approximate surface area is 99.5 Å². The molecule has 0 aromatic heterocycles. The van der Waals surface area contributed by atoms with E-state index in [0.717, 1.165) is 12.8 Å². The molecule has 0 radical (unpaired) electrons. The zero-order valence-electron chi connectivity index (χ0n) is 10.7. The number of rotatable bonds is 8. The molecule has 0 heterocycles. The normalized spacial score (nSPS) is 14.7. The minimum Gasteiger partial charge on any atom is -0.391 e. The maximum Gasteiger partial charge on any atom is 0.211 e. The van der Waals surface area contributed by atoms with Gasteiger partial charge in [-0.15, -0.1) is 0 Å². The summed E-state index contributed by atoms with van der Waals surface area (Å²) >= 11 is 0. The lowest BCUT2D eigenvalue weighted by Crippen LogP contribution is -2.37. The molecular formula is C11H25NO3S. The van der Waals surface area contributed by atoms with Gasteiger partial charge >= 0.3 is 0 Å². The van der Waals surface area contributed by atoms with Crippen LogP contribution in [-0.2, 0) is 10.0 Å². The molecule has 0 bridgehead atoms. The minimum absolute atomic E-state index is 0.0998. The third-order valence-corrected chi connectivity index (χ3v) is 4.37. The monoisotopic (exact) mass is 251 g/mol. The van der Waals surface area contributed by atoms with Gasteiger partial charge in [0.2, 0.25) is 10.0 Å². The Balaban J connectivity index is 4.13. The zero-order chi connectivity index (χ0) is 12.8. The van der Waals surface area contributed by atoms with Crippen LogP contribution in [0.4, 0.5) is 0 Å². The molecule has 98 valence electrons. The van der Waals surface area contributed by atoms with E-state index in [4.69, 9.17) is 0 Å². The summed E-state index contributed by atoms with van der Waals surface area (Å²) in [5, 5.41) is 9.78. The van der Waals surface area contributed by atoms with Crippen LogP contribution in [0.25, 0.3) is 0 Å². The molecule has 0 aliphatic carbocycles. The lowest BCUT2D eigenvalue weighted by molar-refractivity contribution is 0.107. The first-order chi connectivity index (χ1) is 7.32. The van der Waals surface area contributed by atoms with E-state index in [1.165, 1.54) is 0 Å². The van der Waals surface area contributed by atoms with Gasteiger partial charge in [-0.05, 0) is 11.8 Å². The maximum absolute atomic E-state index is 11.5. The van der Waals surface area contributed by atoms with E-state index in [1.807, 2.05) is 27.7 Å². The van der Waals surface area contributed by atoms with Crippen molar-refractivity contribution in [3.05, 3.63) is 0 Å². The van der Waals surface area contributed by atoms with Crippen molar-refractivity contribution in [3.63, 3.8) is 0 Å². The highest BCUT2D eigenvalue weighted by Gasteiger charge is 2.19. The topological polar surface area (TPSA) is 66.4 Å². The Morgan fingerprint density at radius 1 is 1.19 bits per heavy atom. The van der Waals surface area contributed by atoms with Crippen molar-refractivity contribution in [1.29, 1.82) is 0 Å². The first kappa shape index (κ1) is 15.9. The quantitative estimate of drug-likeness (QED) is 0.684. The molecule has 16 heavy (non-hydrogen) atoms. The Morgan fingerprint density at radius 3 is 2.06 bits per heavy atom. The van der Waals surface area contributed by atoms with Crippen molar-refractivity contribution >= 4 is 10.0 Å². The molecule has 0 saturated heterocycles. The number of hydrogen-bond donors (Lipinski definition) is 2. The van der Waals surface area contributed by atoms with Gasteiger partial charge in [0.25, 0.3) is 0 Å². The van der Waals surface area contributed by atoms with Gasteiger partial charge in [0.1, 0.15) is 0 Å². The second-order valence-electron chi connectivity index (χ2n) is 4.67. The number of aliphatic hydroxyl groups is 1. The SMILES string of the molecule is CCC(CC)C(O)CNS(=O)(=O)CC(C)C. The molecule has 0 aromatic rings. The number of sulfonamides is 1. The molecule has 4 nitrogen and oxygen atoms in total. The number of nitrogens with one attached hydrogen (secondary N) is 1. The average molecular weight is 251 g/mol. The molecule has 0 amide bonds. The Hall–Kier alpha value is -0.130. The first-order valence-electron chi connectivity index (χ1n) is 5.97. The van der Waals surface area contributed by atoms with Crippen molar-refractivity contribution in [2.45, 2.75) is 46.6 Å². The number of aliphatic hydroxyl groups excluding tert-OH is 1.